The molecule has 0 amide bonds. The van der Waals surface area contributed by atoms with Gasteiger partial charge in [0.15, 0.2) is 0 Å². The number of hydrogen-bond acceptors (Lipinski definition) is 3. The van der Waals surface area contributed by atoms with Crippen LogP contribution in [0.2, 0.25) is 0 Å². The Morgan fingerprint density at radius 2 is 1.42 bits per heavy atom. The maximum Gasteiger partial charge on any atom is 0.372 e. The normalized spacial score (nSPS) is 12.5. The van der Waals surface area contributed by atoms with E-state index in [4.69, 9.17) is 0 Å². The first-order valence-corrected chi connectivity index (χ1v) is 7.48. The second-order valence-corrected chi connectivity index (χ2v) is 6.42. The van der Waals surface area contributed by atoms with Crippen molar-refractivity contribution in [2.45, 2.75) is 45.3 Å². The molecule has 0 bridgehead atoms. The summed E-state index contributed by atoms with van der Waals surface area (Å²) < 4.78 is 52.1. The number of benzene rings is 1. The summed E-state index contributed by atoms with van der Waals surface area (Å²) in [5, 5.41) is 0. The fourth-order valence-corrected chi connectivity index (χ4v) is 2.23. The van der Waals surface area contributed by atoms with Crippen molar-refractivity contribution in [3.8, 4) is 5.75 Å². The lowest BCUT2D eigenvalue weighted by Gasteiger charge is -2.19. The Morgan fingerprint density at radius 3 is 1.74 bits per heavy atom. The number of halogens is 2. The highest BCUT2D eigenvalue weighted by Gasteiger charge is 2.29. The topological polar surface area (TPSA) is 43.4 Å². The quantitative estimate of drug-likeness (QED) is 0.774. The van der Waals surface area contributed by atoms with Crippen molar-refractivity contribution in [1.82, 2.24) is 0 Å². The van der Waals surface area contributed by atoms with Crippen LogP contribution in [-0.4, -0.2) is 14.2 Å². The molecule has 0 unspecified atom stereocenters. The van der Waals surface area contributed by atoms with Gasteiger partial charge in [-0.25, -0.2) is 0 Å². The second kappa shape index (κ2) is 5.86. The smallest absolute Gasteiger partial charge is 0.372 e. The fraction of sp³-hybridized carbons (Fsp3) is 0.538. The van der Waals surface area contributed by atoms with E-state index in [2.05, 4.69) is 4.18 Å². The zero-order chi connectivity index (χ0) is 14.8. The van der Waals surface area contributed by atoms with E-state index in [0.29, 0.717) is 11.1 Å². The summed E-state index contributed by atoms with van der Waals surface area (Å²) in [6, 6.07) is 5.15. The molecular weight excluding hydrogens is 274 g/mol. The van der Waals surface area contributed by atoms with Crippen LogP contribution >= 0.6 is 0 Å². The lowest BCUT2D eigenvalue weighted by atomic mass is 9.94. The Hall–Kier alpha value is -1.17. The molecule has 0 aliphatic carbocycles. The molecule has 0 atom stereocenters. The van der Waals surface area contributed by atoms with Gasteiger partial charge in [0.2, 0.25) is 0 Å². The highest BCUT2D eigenvalue weighted by atomic mass is 32.2. The van der Waals surface area contributed by atoms with Gasteiger partial charge in [-0.3, -0.25) is 0 Å². The summed E-state index contributed by atoms with van der Waals surface area (Å²) in [6.07, 6.45) is 0. The van der Waals surface area contributed by atoms with Crippen molar-refractivity contribution < 1.29 is 21.4 Å². The van der Waals surface area contributed by atoms with Gasteiger partial charge in [-0.15, -0.1) is 0 Å². The summed E-state index contributed by atoms with van der Waals surface area (Å²) in [5.74, 6) is -3.57. The molecule has 108 valence electrons. The van der Waals surface area contributed by atoms with E-state index in [-0.39, 0.29) is 17.6 Å². The molecule has 1 rings (SSSR count). The summed E-state index contributed by atoms with van der Waals surface area (Å²) in [5.41, 5.74) is 1.21. The number of para-hydroxylation sites is 1. The first-order chi connectivity index (χ1) is 8.66. The maximum absolute atomic E-state index is 12.5. The minimum atomic E-state index is -4.90. The Morgan fingerprint density at radius 1 is 1.00 bits per heavy atom. The molecule has 0 saturated carbocycles. The van der Waals surface area contributed by atoms with Gasteiger partial charge in [-0.1, -0.05) is 45.9 Å². The molecule has 0 aliphatic heterocycles. The average Bonchev–Trinajstić information content (AvgIpc) is 2.27. The van der Waals surface area contributed by atoms with Crippen LogP contribution in [0, 0.1) is 0 Å². The molecule has 0 heterocycles. The van der Waals surface area contributed by atoms with Crippen molar-refractivity contribution >= 4 is 10.1 Å². The third-order valence-electron chi connectivity index (χ3n) is 2.74. The maximum atomic E-state index is 12.5. The minimum Gasteiger partial charge on any atom is -0.378 e. The van der Waals surface area contributed by atoms with Crippen molar-refractivity contribution in [2.75, 3.05) is 0 Å². The monoisotopic (exact) mass is 292 g/mol. The fourth-order valence-electron chi connectivity index (χ4n) is 1.73. The van der Waals surface area contributed by atoms with Gasteiger partial charge in [0.05, 0.1) is 0 Å². The number of hydrogen-bond donors (Lipinski definition) is 0. The molecule has 1 aromatic rings. The standard InChI is InChI=1S/C13H18F2O3S/c1-8(2)10-6-5-7-11(9(3)4)12(10)18-19(16,17)13(14)15/h5-9,13H,1-4H3. The van der Waals surface area contributed by atoms with Crippen molar-refractivity contribution in [1.29, 1.82) is 0 Å². The van der Waals surface area contributed by atoms with Crippen LogP contribution in [0.4, 0.5) is 8.78 Å². The second-order valence-electron chi connectivity index (χ2n) is 4.91. The predicted octanol–water partition coefficient (Wildman–Crippen LogP) is 3.86. The van der Waals surface area contributed by atoms with Gasteiger partial charge in [-0.2, -0.15) is 17.2 Å². The zero-order valence-corrected chi connectivity index (χ0v) is 12.2. The molecule has 19 heavy (non-hydrogen) atoms. The van der Waals surface area contributed by atoms with E-state index in [1.807, 2.05) is 27.7 Å². The Kier molecular flexibility index (Phi) is 4.90. The number of rotatable bonds is 5. The van der Waals surface area contributed by atoms with Crippen molar-refractivity contribution in [2.24, 2.45) is 0 Å². The van der Waals surface area contributed by atoms with Crippen LogP contribution in [0.3, 0.4) is 0 Å². The Labute approximate surface area is 112 Å². The molecule has 0 saturated heterocycles. The van der Waals surface area contributed by atoms with Crippen LogP contribution in [0.5, 0.6) is 5.75 Å². The van der Waals surface area contributed by atoms with E-state index >= 15 is 0 Å². The third-order valence-corrected chi connectivity index (χ3v) is 3.57. The van der Waals surface area contributed by atoms with Crippen molar-refractivity contribution in [3.63, 3.8) is 0 Å². The summed E-state index contributed by atoms with van der Waals surface area (Å²) in [4.78, 5) is 0. The van der Waals surface area contributed by atoms with Gasteiger partial charge >= 0.3 is 15.9 Å². The van der Waals surface area contributed by atoms with Gasteiger partial charge in [0.25, 0.3) is 0 Å². The molecule has 0 spiro atoms. The van der Waals surface area contributed by atoms with E-state index in [9.17, 15) is 17.2 Å². The lowest BCUT2D eigenvalue weighted by Crippen LogP contribution is -2.20. The van der Waals surface area contributed by atoms with Crippen LogP contribution in [0.1, 0.15) is 50.7 Å². The van der Waals surface area contributed by atoms with Crippen LogP contribution in [0.15, 0.2) is 18.2 Å². The Bertz CT molecular complexity index is 511. The third kappa shape index (κ3) is 3.65. The molecule has 0 aromatic heterocycles. The van der Waals surface area contributed by atoms with E-state index in [0.717, 1.165) is 0 Å². The van der Waals surface area contributed by atoms with Gasteiger partial charge in [0, 0.05) is 0 Å². The zero-order valence-electron chi connectivity index (χ0n) is 11.4. The molecular formula is C13H18F2O3S. The Balaban J connectivity index is 3.38. The van der Waals surface area contributed by atoms with Crippen LogP contribution < -0.4 is 4.18 Å². The van der Waals surface area contributed by atoms with Gasteiger partial charge < -0.3 is 4.18 Å². The summed E-state index contributed by atoms with van der Waals surface area (Å²) >= 11 is 0. The molecule has 0 fully saturated rings. The lowest BCUT2D eigenvalue weighted by molar-refractivity contribution is 0.219. The summed E-state index contributed by atoms with van der Waals surface area (Å²) in [7, 11) is -4.90. The SMILES string of the molecule is CC(C)c1cccc(C(C)C)c1OS(=O)(=O)C(F)F. The van der Waals surface area contributed by atoms with Crippen LogP contribution in [-0.2, 0) is 10.1 Å². The van der Waals surface area contributed by atoms with E-state index in [1.165, 1.54) is 0 Å². The van der Waals surface area contributed by atoms with E-state index in [1.54, 1.807) is 18.2 Å². The van der Waals surface area contributed by atoms with E-state index < -0.39 is 15.9 Å². The molecule has 0 radical (unpaired) electrons. The van der Waals surface area contributed by atoms with Gasteiger partial charge in [-0.05, 0) is 23.0 Å². The number of alkyl halides is 2. The molecule has 0 aliphatic rings. The molecule has 0 N–H and O–H groups in total. The van der Waals surface area contributed by atoms with Gasteiger partial charge in [0.1, 0.15) is 5.75 Å². The minimum absolute atomic E-state index is 0.0263. The predicted molar refractivity (Wildman–Crippen MR) is 70.2 cm³/mol. The molecule has 6 heteroatoms. The highest BCUT2D eigenvalue weighted by molar-refractivity contribution is 7.87. The highest BCUT2D eigenvalue weighted by Crippen LogP contribution is 2.35. The van der Waals surface area contributed by atoms with Crippen molar-refractivity contribution in [3.05, 3.63) is 29.3 Å². The largest absolute Gasteiger partial charge is 0.378 e. The molecule has 1 aromatic carbocycles. The first kappa shape index (κ1) is 15.9. The average molecular weight is 292 g/mol. The molecule has 3 nitrogen and oxygen atoms in total. The first-order valence-electron chi connectivity index (χ1n) is 6.01. The summed E-state index contributed by atoms with van der Waals surface area (Å²) in [6.45, 7) is 7.39. The van der Waals surface area contributed by atoms with Crippen LogP contribution in [0.25, 0.3) is 0 Å².